The van der Waals surface area contributed by atoms with E-state index in [9.17, 15) is 4.79 Å². The van der Waals surface area contributed by atoms with Crippen LogP contribution >= 0.6 is 11.6 Å². The summed E-state index contributed by atoms with van der Waals surface area (Å²) in [6, 6.07) is 5.42. The maximum Gasteiger partial charge on any atom is 0.302 e. The van der Waals surface area contributed by atoms with Gasteiger partial charge in [-0.1, -0.05) is 11.6 Å². The molecule has 1 aromatic carbocycles. The highest BCUT2D eigenvalue weighted by molar-refractivity contribution is 6.30. The summed E-state index contributed by atoms with van der Waals surface area (Å²) in [6.07, 6.45) is 1.95. The molecule has 0 unspecified atom stereocenters. The first-order chi connectivity index (χ1) is 10.1. The van der Waals surface area contributed by atoms with E-state index in [-0.39, 0.29) is 5.97 Å². The van der Waals surface area contributed by atoms with Crippen molar-refractivity contribution in [3.63, 3.8) is 0 Å². The van der Waals surface area contributed by atoms with Gasteiger partial charge in [-0.2, -0.15) is 0 Å². The molecule has 0 aliphatic rings. The molecule has 3 N–H and O–H groups in total. The van der Waals surface area contributed by atoms with Gasteiger partial charge in [-0.3, -0.25) is 4.79 Å². The van der Waals surface area contributed by atoms with Gasteiger partial charge in [-0.15, -0.1) is 0 Å². The van der Waals surface area contributed by atoms with Crippen LogP contribution in [0.5, 0.6) is 5.75 Å². The lowest BCUT2D eigenvalue weighted by molar-refractivity contribution is -0.140. The molecule has 0 saturated heterocycles. The number of methoxy groups -OCH3 is 1. The zero-order valence-electron chi connectivity index (χ0n) is 12.3. The quantitative estimate of drug-likeness (QED) is 0.566. The Kier molecular flexibility index (Phi) is 7.82. The van der Waals surface area contributed by atoms with Crippen LogP contribution in [0, 0.1) is 0 Å². The lowest BCUT2D eigenvalue weighted by Crippen LogP contribution is -2.25. The van der Waals surface area contributed by atoms with Crippen molar-refractivity contribution in [2.24, 2.45) is 5.73 Å². The topological polar surface area (TPSA) is 73.6 Å². The minimum Gasteiger partial charge on any atom is -0.496 e. The van der Waals surface area contributed by atoms with Gasteiger partial charge in [0.1, 0.15) is 12.4 Å². The highest BCUT2D eigenvalue weighted by atomic mass is 35.5. The van der Waals surface area contributed by atoms with Crippen molar-refractivity contribution in [2.75, 3.05) is 33.4 Å². The molecule has 21 heavy (non-hydrogen) atoms. The van der Waals surface area contributed by atoms with Gasteiger partial charge in [0.25, 0.3) is 0 Å². The Balaban J connectivity index is 2.62. The second-order valence-corrected chi connectivity index (χ2v) is 4.85. The zero-order chi connectivity index (χ0) is 15.7. The van der Waals surface area contributed by atoms with E-state index in [2.05, 4.69) is 5.32 Å². The van der Waals surface area contributed by atoms with Gasteiger partial charge in [0.2, 0.25) is 0 Å². The summed E-state index contributed by atoms with van der Waals surface area (Å²) in [5.41, 5.74) is 7.63. The minimum absolute atomic E-state index is 0.282. The average Bonchev–Trinajstić information content (AvgIpc) is 2.45. The molecule has 0 radical (unpaired) electrons. The van der Waals surface area contributed by atoms with Crippen LogP contribution < -0.4 is 15.8 Å². The summed E-state index contributed by atoms with van der Waals surface area (Å²) in [7, 11) is 1.61. The number of hydrogen-bond acceptors (Lipinski definition) is 5. The predicted molar refractivity (Wildman–Crippen MR) is 84.5 cm³/mol. The molecular formula is C15H21ClN2O3. The van der Waals surface area contributed by atoms with Crippen molar-refractivity contribution >= 4 is 23.6 Å². The molecule has 6 heteroatoms. The van der Waals surface area contributed by atoms with E-state index < -0.39 is 0 Å². The molecule has 1 aromatic rings. The fourth-order valence-electron chi connectivity index (χ4n) is 1.74. The average molecular weight is 313 g/mol. The number of hydrogen-bond donors (Lipinski definition) is 2. The van der Waals surface area contributed by atoms with Gasteiger partial charge in [-0.25, -0.2) is 0 Å². The Morgan fingerprint density at radius 2 is 2.24 bits per heavy atom. The molecule has 0 fully saturated rings. The van der Waals surface area contributed by atoms with E-state index in [1.165, 1.54) is 6.92 Å². The highest BCUT2D eigenvalue weighted by Gasteiger charge is 2.03. The molecule has 0 atom stereocenters. The Morgan fingerprint density at radius 3 is 2.86 bits per heavy atom. The summed E-state index contributed by atoms with van der Waals surface area (Å²) >= 11 is 6.00. The fourth-order valence-corrected chi connectivity index (χ4v) is 1.92. The molecule has 116 valence electrons. The summed E-state index contributed by atoms with van der Waals surface area (Å²) in [5.74, 6) is 0.459. The van der Waals surface area contributed by atoms with Crippen LogP contribution in [0.25, 0.3) is 6.08 Å². The van der Waals surface area contributed by atoms with E-state index in [4.69, 9.17) is 26.8 Å². The van der Waals surface area contributed by atoms with Crippen LogP contribution in [0.4, 0.5) is 0 Å². The molecule has 0 spiro atoms. The first-order valence-electron chi connectivity index (χ1n) is 6.64. The van der Waals surface area contributed by atoms with Crippen molar-refractivity contribution in [3.8, 4) is 5.75 Å². The van der Waals surface area contributed by atoms with E-state index in [0.29, 0.717) is 31.3 Å². The molecule has 0 heterocycles. The number of nitrogens with two attached hydrogens (primary N) is 1. The minimum atomic E-state index is -0.282. The first kappa shape index (κ1) is 17.5. The number of carbonyl (C=O) groups excluding carboxylic acids is 1. The molecular weight excluding hydrogens is 292 g/mol. The van der Waals surface area contributed by atoms with Gasteiger partial charge < -0.3 is 20.5 Å². The third kappa shape index (κ3) is 6.62. The van der Waals surface area contributed by atoms with Crippen LogP contribution in [0.1, 0.15) is 12.5 Å². The number of carbonyl (C=O) groups is 1. The summed E-state index contributed by atoms with van der Waals surface area (Å²) in [6.45, 7) is 3.32. The second kappa shape index (κ2) is 9.39. The van der Waals surface area contributed by atoms with Crippen LogP contribution in [0.2, 0.25) is 5.02 Å². The third-order valence-electron chi connectivity index (χ3n) is 2.75. The number of benzene rings is 1. The SMILES string of the molecule is COc1ccc(Cl)cc1C=C(CN)CNCCOC(C)=O. The Hall–Kier alpha value is -1.56. The van der Waals surface area contributed by atoms with Gasteiger partial charge in [0.05, 0.1) is 7.11 Å². The van der Waals surface area contributed by atoms with Crippen LogP contribution in [-0.2, 0) is 9.53 Å². The Bertz CT molecular complexity index is 504. The second-order valence-electron chi connectivity index (χ2n) is 4.41. The Labute approximate surface area is 130 Å². The Morgan fingerprint density at radius 1 is 1.48 bits per heavy atom. The summed E-state index contributed by atoms with van der Waals surface area (Å²) in [4.78, 5) is 10.6. The van der Waals surface area contributed by atoms with Crippen LogP contribution in [0.3, 0.4) is 0 Å². The van der Waals surface area contributed by atoms with Crippen molar-refractivity contribution in [2.45, 2.75) is 6.92 Å². The molecule has 5 nitrogen and oxygen atoms in total. The van der Waals surface area contributed by atoms with E-state index in [1.807, 2.05) is 18.2 Å². The third-order valence-corrected chi connectivity index (χ3v) is 2.98. The van der Waals surface area contributed by atoms with E-state index in [1.54, 1.807) is 13.2 Å². The number of esters is 1. The maximum atomic E-state index is 10.6. The van der Waals surface area contributed by atoms with Crippen molar-refractivity contribution in [1.82, 2.24) is 5.32 Å². The maximum absolute atomic E-state index is 10.6. The number of rotatable bonds is 8. The van der Waals surface area contributed by atoms with Gasteiger partial charge >= 0.3 is 5.97 Å². The molecule has 0 saturated carbocycles. The summed E-state index contributed by atoms with van der Waals surface area (Å²) < 4.78 is 10.1. The molecule has 0 aliphatic carbocycles. The van der Waals surface area contributed by atoms with Gasteiger partial charge in [0, 0.05) is 37.1 Å². The lowest BCUT2D eigenvalue weighted by Gasteiger charge is -2.10. The zero-order valence-corrected chi connectivity index (χ0v) is 13.1. The largest absolute Gasteiger partial charge is 0.496 e. The number of ether oxygens (including phenoxy) is 2. The highest BCUT2D eigenvalue weighted by Crippen LogP contribution is 2.24. The van der Waals surface area contributed by atoms with E-state index >= 15 is 0 Å². The molecule has 0 bridgehead atoms. The van der Waals surface area contributed by atoms with Crippen molar-refractivity contribution in [3.05, 3.63) is 34.4 Å². The predicted octanol–water partition coefficient (Wildman–Crippen LogP) is 1.84. The van der Waals surface area contributed by atoms with Gasteiger partial charge in [-0.05, 0) is 29.8 Å². The fraction of sp³-hybridized carbons (Fsp3) is 0.400. The lowest BCUT2D eigenvalue weighted by atomic mass is 10.1. The smallest absolute Gasteiger partial charge is 0.302 e. The number of nitrogens with one attached hydrogen (secondary N) is 1. The normalized spacial score (nSPS) is 11.3. The van der Waals surface area contributed by atoms with E-state index in [0.717, 1.165) is 16.9 Å². The molecule has 0 amide bonds. The van der Waals surface area contributed by atoms with Gasteiger partial charge in [0.15, 0.2) is 0 Å². The molecule has 0 aromatic heterocycles. The van der Waals surface area contributed by atoms with Crippen molar-refractivity contribution < 1.29 is 14.3 Å². The van der Waals surface area contributed by atoms with Crippen LogP contribution in [-0.4, -0.2) is 39.3 Å². The molecule has 0 aliphatic heterocycles. The molecule has 1 rings (SSSR count). The van der Waals surface area contributed by atoms with Crippen LogP contribution in [0.15, 0.2) is 23.8 Å². The summed E-state index contributed by atoms with van der Waals surface area (Å²) in [5, 5.41) is 3.80. The first-order valence-corrected chi connectivity index (χ1v) is 7.01. The number of halogens is 1. The monoisotopic (exact) mass is 312 g/mol. The standard InChI is InChI=1S/C15H21ClN2O3/c1-11(19)21-6-5-18-10-12(9-17)7-13-8-14(16)3-4-15(13)20-2/h3-4,7-8,18H,5-6,9-10,17H2,1-2H3. The van der Waals surface area contributed by atoms with Crippen molar-refractivity contribution in [1.29, 1.82) is 0 Å².